The van der Waals surface area contributed by atoms with Crippen molar-refractivity contribution in [1.29, 1.82) is 0 Å². The Balaban J connectivity index is 1.76. The van der Waals surface area contributed by atoms with Gasteiger partial charge in [-0.15, -0.1) is 11.3 Å². The van der Waals surface area contributed by atoms with E-state index in [9.17, 15) is 4.79 Å². The normalized spacial score (nSPS) is 16.9. The van der Waals surface area contributed by atoms with Crippen LogP contribution in [0.25, 0.3) is 21.8 Å². The Bertz CT molecular complexity index is 981. The van der Waals surface area contributed by atoms with E-state index in [1.807, 2.05) is 17.0 Å². The number of anilines is 1. The zero-order chi connectivity index (χ0) is 19.7. The van der Waals surface area contributed by atoms with Gasteiger partial charge in [0, 0.05) is 47.1 Å². The molecule has 0 aliphatic carbocycles. The van der Waals surface area contributed by atoms with Crippen LogP contribution in [0.4, 0.5) is 5.69 Å². The fourth-order valence-electron chi connectivity index (χ4n) is 3.99. The fraction of sp³-hybridized carbons (Fsp3) is 0.348. The summed E-state index contributed by atoms with van der Waals surface area (Å²) in [6, 6.07) is 10.6. The third-order valence-electron chi connectivity index (χ3n) is 5.44. The van der Waals surface area contributed by atoms with Gasteiger partial charge >= 0.3 is 0 Å². The van der Waals surface area contributed by atoms with E-state index in [-0.39, 0.29) is 11.9 Å². The van der Waals surface area contributed by atoms with Crippen molar-refractivity contribution >= 4 is 22.9 Å². The summed E-state index contributed by atoms with van der Waals surface area (Å²) in [6.07, 6.45) is 6.15. The van der Waals surface area contributed by atoms with Crippen LogP contribution < -0.4 is 4.90 Å². The first-order chi connectivity index (χ1) is 13.6. The molecule has 4 rings (SSSR count). The average molecular weight is 392 g/mol. The molecule has 0 N–H and O–H groups in total. The predicted molar refractivity (Wildman–Crippen MR) is 116 cm³/mol. The highest BCUT2D eigenvalue weighted by molar-refractivity contribution is 7.13. The number of amides is 1. The van der Waals surface area contributed by atoms with Crippen LogP contribution in [0.2, 0.25) is 0 Å². The summed E-state index contributed by atoms with van der Waals surface area (Å²) in [5.74, 6) is 0.634. The van der Waals surface area contributed by atoms with E-state index in [2.05, 4.69) is 49.3 Å². The van der Waals surface area contributed by atoms with Gasteiger partial charge in [0.25, 0.3) is 0 Å². The van der Waals surface area contributed by atoms with Gasteiger partial charge in [-0.25, -0.2) is 4.98 Å². The minimum absolute atomic E-state index is 0.158. The molecule has 3 aromatic rings. The third-order valence-corrected chi connectivity index (χ3v) is 6.33. The van der Waals surface area contributed by atoms with E-state index in [4.69, 9.17) is 4.98 Å². The van der Waals surface area contributed by atoms with Crippen molar-refractivity contribution < 1.29 is 4.79 Å². The second-order valence-electron chi connectivity index (χ2n) is 7.55. The zero-order valence-electron chi connectivity index (χ0n) is 16.6. The minimum Gasteiger partial charge on any atom is -0.310 e. The lowest BCUT2D eigenvalue weighted by atomic mass is 9.90. The molecule has 1 amide bonds. The Morgan fingerprint density at radius 1 is 1.18 bits per heavy atom. The molecule has 0 spiro atoms. The molecule has 0 bridgehead atoms. The molecule has 0 saturated heterocycles. The van der Waals surface area contributed by atoms with Gasteiger partial charge in [-0.1, -0.05) is 13.0 Å². The topological polar surface area (TPSA) is 46.1 Å². The van der Waals surface area contributed by atoms with Crippen LogP contribution in [0, 0.1) is 0 Å². The highest BCUT2D eigenvalue weighted by Gasteiger charge is 2.29. The molecule has 3 heterocycles. The molecule has 28 heavy (non-hydrogen) atoms. The number of fused-ring (bicyclic) bond motifs is 1. The van der Waals surface area contributed by atoms with E-state index < -0.39 is 0 Å². The van der Waals surface area contributed by atoms with Crippen molar-refractivity contribution in [2.24, 2.45) is 0 Å². The molecule has 144 valence electrons. The van der Waals surface area contributed by atoms with E-state index in [0.717, 1.165) is 40.4 Å². The van der Waals surface area contributed by atoms with Crippen LogP contribution in [0.3, 0.4) is 0 Å². The Hall–Kier alpha value is -2.53. The number of carbonyl (C=O) groups is 1. The van der Waals surface area contributed by atoms with Crippen LogP contribution >= 0.6 is 11.3 Å². The number of nitrogens with zero attached hydrogens (tertiary/aromatic N) is 3. The molecule has 1 aromatic carbocycles. The largest absolute Gasteiger partial charge is 0.310 e. The van der Waals surface area contributed by atoms with E-state index in [1.54, 1.807) is 23.7 Å². The molecule has 1 unspecified atom stereocenters. The predicted octanol–water partition coefficient (Wildman–Crippen LogP) is 5.90. The molecule has 2 aromatic heterocycles. The Kier molecular flexibility index (Phi) is 5.27. The van der Waals surface area contributed by atoms with Crippen molar-refractivity contribution in [2.75, 3.05) is 4.90 Å². The van der Waals surface area contributed by atoms with Gasteiger partial charge in [-0.3, -0.25) is 9.78 Å². The maximum Gasteiger partial charge on any atom is 0.227 e. The Morgan fingerprint density at radius 3 is 2.68 bits per heavy atom. The molecule has 0 fully saturated rings. The number of rotatable bonds is 4. The maximum atomic E-state index is 12.7. The van der Waals surface area contributed by atoms with Crippen molar-refractivity contribution in [3.63, 3.8) is 0 Å². The summed E-state index contributed by atoms with van der Waals surface area (Å²) in [4.78, 5) is 23.6. The van der Waals surface area contributed by atoms with Crippen LogP contribution in [-0.2, 0) is 4.79 Å². The smallest absolute Gasteiger partial charge is 0.227 e. The van der Waals surface area contributed by atoms with Crippen LogP contribution in [0.5, 0.6) is 0 Å². The van der Waals surface area contributed by atoms with Crippen molar-refractivity contribution in [1.82, 2.24) is 9.97 Å². The average Bonchev–Trinajstić information content (AvgIpc) is 3.15. The molecule has 1 aliphatic rings. The number of carbonyl (C=O) groups excluding carboxylic acids is 1. The van der Waals surface area contributed by atoms with Crippen LogP contribution in [-0.4, -0.2) is 21.9 Å². The minimum atomic E-state index is 0.158. The van der Waals surface area contributed by atoms with E-state index >= 15 is 0 Å². The van der Waals surface area contributed by atoms with Gasteiger partial charge < -0.3 is 4.90 Å². The molecular formula is C23H25N3OS. The maximum absolute atomic E-state index is 12.7. The van der Waals surface area contributed by atoms with Crippen molar-refractivity contribution in [3.05, 3.63) is 53.7 Å². The highest BCUT2D eigenvalue weighted by atomic mass is 32.1. The molecule has 1 aliphatic heterocycles. The van der Waals surface area contributed by atoms with Gasteiger partial charge in [0.1, 0.15) is 5.01 Å². The molecule has 0 radical (unpaired) electrons. The van der Waals surface area contributed by atoms with Gasteiger partial charge in [-0.2, -0.15) is 0 Å². The number of hydrogen-bond acceptors (Lipinski definition) is 4. The zero-order valence-corrected chi connectivity index (χ0v) is 17.4. The quantitative estimate of drug-likeness (QED) is 0.556. The summed E-state index contributed by atoms with van der Waals surface area (Å²) in [5, 5.41) is 3.11. The summed E-state index contributed by atoms with van der Waals surface area (Å²) in [6.45, 7) is 6.38. The SMILES string of the molecule is CCC1CCC(=O)N(C(C)C)c2ccc(-c3csc(-c4ccncc4)n3)cc21. The Morgan fingerprint density at radius 2 is 1.96 bits per heavy atom. The van der Waals surface area contributed by atoms with Crippen molar-refractivity contribution in [3.8, 4) is 21.8 Å². The summed E-state index contributed by atoms with van der Waals surface area (Å²) in [5.41, 5.74) is 5.53. The fourth-order valence-corrected chi connectivity index (χ4v) is 4.83. The first-order valence-electron chi connectivity index (χ1n) is 9.90. The lowest BCUT2D eigenvalue weighted by Gasteiger charge is -2.28. The monoisotopic (exact) mass is 391 g/mol. The Labute approximate surface area is 170 Å². The lowest BCUT2D eigenvalue weighted by Crippen LogP contribution is -2.36. The van der Waals surface area contributed by atoms with Crippen LogP contribution in [0.1, 0.15) is 51.5 Å². The molecular weight excluding hydrogens is 366 g/mol. The highest BCUT2D eigenvalue weighted by Crippen LogP contribution is 2.40. The van der Waals surface area contributed by atoms with Gasteiger partial charge in [0.2, 0.25) is 5.91 Å². The van der Waals surface area contributed by atoms with Crippen molar-refractivity contribution in [2.45, 2.75) is 52.0 Å². The molecule has 5 heteroatoms. The van der Waals surface area contributed by atoms with E-state index in [1.165, 1.54) is 5.56 Å². The third kappa shape index (κ3) is 3.47. The van der Waals surface area contributed by atoms with Gasteiger partial charge in [0.15, 0.2) is 0 Å². The first kappa shape index (κ1) is 18.8. The van der Waals surface area contributed by atoms with Gasteiger partial charge in [-0.05, 0) is 62.4 Å². The molecule has 0 saturated carbocycles. The second kappa shape index (κ2) is 7.84. The van der Waals surface area contributed by atoms with E-state index in [0.29, 0.717) is 12.3 Å². The second-order valence-corrected chi connectivity index (χ2v) is 8.41. The number of pyridine rings is 1. The number of thiazole rings is 1. The first-order valence-corrected chi connectivity index (χ1v) is 10.8. The van der Waals surface area contributed by atoms with Gasteiger partial charge in [0.05, 0.1) is 5.69 Å². The van der Waals surface area contributed by atoms with Crippen LogP contribution in [0.15, 0.2) is 48.1 Å². The number of benzene rings is 1. The summed E-state index contributed by atoms with van der Waals surface area (Å²) >= 11 is 1.65. The number of hydrogen-bond donors (Lipinski definition) is 0. The summed E-state index contributed by atoms with van der Waals surface area (Å²) < 4.78 is 0. The molecule has 4 nitrogen and oxygen atoms in total. The molecule has 1 atom stereocenters. The number of aromatic nitrogens is 2. The summed E-state index contributed by atoms with van der Waals surface area (Å²) in [7, 11) is 0. The standard InChI is InChI=1S/C23H25N3OS/c1-4-16-6-8-22(27)26(15(2)3)21-7-5-18(13-19(16)21)20-14-28-23(25-20)17-9-11-24-12-10-17/h5,7,9-16H,4,6,8H2,1-3H3. The lowest BCUT2D eigenvalue weighted by molar-refractivity contribution is -0.119.